The van der Waals surface area contributed by atoms with Crippen LogP contribution < -0.4 is 5.32 Å². The van der Waals surface area contributed by atoms with Crippen LogP contribution in [0.5, 0.6) is 0 Å². The number of urea groups is 1. The highest BCUT2D eigenvalue weighted by atomic mass is 32.1. The first-order valence-electron chi connectivity index (χ1n) is 7.70. The zero-order valence-corrected chi connectivity index (χ0v) is 13.5. The summed E-state index contributed by atoms with van der Waals surface area (Å²) in [5.41, 5.74) is 1.15. The van der Waals surface area contributed by atoms with E-state index in [4.69, 9.17) is 0 Å². The van der Waals surface area contributed by atoms with Crippen molar-refractivity contribution in [2.24, 2.45) is 0 Å². The van der Waals surface area contributed by atoms with E-state index in [1.54, 1.807) is 0 Å². The van der Waals surface area contributed by atoms with Gasteiger partial charge >= 0.3 is 6.03 Å². The number of carbonyl (C=O) groups excluding carboxylic acids is 1. The van der Waals surface area contributed by atoms with Crippen LogP contribution in [0.25, 0.3) is 0 Å². The van der Waals surface area contributed by atoms with Crippen LogP contribution in [-0.4, -0.2) is 27.2 Å². The fourth-order valence-electron chi connectivity index (χ4n) is 2.32. The molecule has 0 spiro atoms. The van der Waals surface area contributed by atoms with Gasteiger partial charge in [0.25, 0.3) is 0 Å². The number of amides is 2. The second-order valence-corrected chi connectivity index (χ2v) is 6.59. The van der Waals surface area contributed by atoms with Crippen molar-refractivity contribution in [1.82, 2.24) is 15.1 Å². The third-order valence-corrected chi connectivity index (χ3v) is 4.49. The molecule has 2 amide bonds. The standard InChI is InChI=1S/C16H20N4OS/c1-2-6-14-18-19-15(22-14)17-16(21)20(13-9-10-13)11-12-7-4-3-5-8-12/h3-5,7-8,13H,2,6,9-11H2,1H3,(H,17,19,21). The van der Waals surface area contributed by atoms with E-state index < -0.39 is 0 Å². The van der Waals surface area contributed by atoms with Gasteiger partial charge in [-0.15, -0.1) is 10.2 Å². The van der Waals surface area contributed by atoms with Gasteiger partial charge in [0, 0.05) is 19.0 Å². The Morgan fingerprint density at radius 2 is 2.09 bits per heavy atom. The van der Waals surface area contributed by atoms with Gasteiger partial charge in [-0.1, -0.05) is 48.6 Å². The van der Waals surface area contributed by atoms with E-state index in [-0.39, 0.29) is 6.03 Å². The molecule has 2 aromatic rings. The highest BCUT2D eigenvalue weighted by Crippen LogP contribution is 2.29. The van der Waals surface area contributed by atoms with Crippen LogP contribution in [0.4, 0.5) is 9.93 Å². The van der Waals surface area contributed by atoms with Gasteiger partial charge in [-0.2, -0.15) is 0 Å². The maximum Gasteiger partial charge on any atom is 0.324 e. The number of benzene rings is 1. The molecular weight excluding hydrogens is 296 g/mol. The molecule has 0 bridgehead atoms. The first-order valence-corrected chi connectivity index (χ1v) is 8.52. The van der Waals surface area contributed by atoms with Gasteiger partial charge in [0.15, 0.2) is 0 Å². The third-order valence-electron chi connectivity index (χ3n) is 3.59. The molecule has 1 fully saturated rings. The lowest BCUT2D eigenvalue weighted by Crippen LogP contribution is -2.36. The van der Waals surface area contributed by atoms with Gasteiger partial charge in [-0.25, -0.2) is 4.79 Å². The largest absolute Gasteiger partial charge is 0.324 e. The molecule has 116 valence electrons. The fourth-order valence-corrected chi connectivity index (χ4v) is 3.15. The number of nitrogens with one attached hydrogen (secondary N) is 1. The highest BCUT2D eigenvalue weighted by molar-refractivity contribution is 7.15. The molecule has 1 aliphatic carbocycles. The first-order chi connectivity index (χ1) is 10.8. The van der Waals surface area contributed by atoms with E-state index in [0.717, 1.165) is 36.3 Å². The zero-order valence-electron chi connectivity index (χ0n) is 12.7. The average Bonchev–Trinajstić information content (AvgIpc) is 3.28. The van der Waals surface area contributed by atoms with Crippen molar-refractivity contribution in [1.29, 1.82) is 0 Å². The lowest BCUT2D eigenvalue weighted by molar-refractivity contribution is 0.206. The predicted molar refractivity (Wildman–Crippen MR) is 87.9 cm³/mol. The quantitative estimate of drug-likeness (QED) is 0.884. The van der Waals surface area contributed by atoms with Crippen molar-refractivity contribution in [2.75, 3.05) is 5.32 Å². The van der Waals surface area contributed by atoms with Crippen molar-refractivity contribution >= 4 is 22.5 Å². The number of hydrogen-bond donors (Lipinski definition) is 1. The number of carbonyl (C=O) groups is 1. The Hall–Kier alpha value is -1.95. The predicted octanol–water partition coefficient (Wildman–Crippen LogP) is 3.69. The average molecular weight is 316 g/mol. The minimum absolute atomic E-state index is 0.0782. The molecule has 5 nitrogen and oxygen atoms in total. The molecule has 1 heterocycles. The molecule has 3 rings (SSSR count). The van der Waals surface area contributed by atoms with Gasteiger partial charge in [0.2, 0.25) is 5.13 Å². The summed E-state index contributed by atoms with van der Waals surface area (Å²) in [6.45, 7) is 2.74. The maximum absolute atomic E-state index is 12.5. The van der Waals surface area contributed by atoms with Crippen LogP contribution in [0.3, 0.4) is 0 Å². The van der Waals surface area contributed by atoms with Crippen molar-refractivity contribution < 1.29 is 4.79 Å². The second-order valence-electron chi connectivity index (χ2n) is 5.53. The molecule has 0 saturated heterocycles. The molecule has 1 aromatic heterocycles. The normalized spacial score (nSPS) is 13.9. The Morgan fingerprint density at radius 3 is 2.77 bits per heavy atom. The van der Waals surface area contributed by atoms with E-state index in [9.17, 15) is 4.79 Å². The van der Waals surface area contributed by atoms with Crippen molar-refractivity contribution in [3.8, 4) is 0 Å². The summed E-state index contributed by atoms with van der Waals surface area (Å²) >= 11 is 1.46. The van der Waals surface area contributed by atoms with E-state index in [2.05, 4.69) is 22.4 Å². The number of hydrogen-bond acceptors (Lipinski definition) is 4. The minimum Gasteiger partial charge on any atom is -0.317 e. The van der Waals surface area contributed by atoms with Crippen LogP contribution >= 0.6 is 11.3 Å². The van der Waals surface area contributed by atoms with Crippen LogP contribution in [0.1, 0.15) is 36.8 Å². The summed E-state index contributed by atoms with van der Waals surface area (Å²) < 4.78 is 0. The Morgan fingerprint density at radius 1 is 1.32 bits per heavy atom. The first kappa shape index (κ1) is 15.0. The lowest BCUT2D eigenvalue weighted by atomic mass is 10.2. The molecule has 6 heteroatoms. The van der Waals surface area contributed by atoms with Gasteiger partial charge in [-0.3, -0.25) is 5.32 Å². The summed E-state index contributed by atoms with van der Waals surface area (Å²) in [5.74, 6) is 0. The van der Waals surface area contributed by atoms with Crippen LogP contribution in [0.2, 0.25) is 0 Å². The number of aromatic nitrogens is 2. The summed E-state index contributed by atoms with van der Waals surface area (Å²) in [6, 6.07) is 10.4. The van der Waals surface area contributed by atoms with E-state index >= 15 is 0 Å². The summed E-state index contributed by atoms with van der Waals surface area (Å²) in [5, 5.41) is 12.6. The molecular formula is C16H20N4OS. The van der Waals surface area contributed by atoms with Crippen molar-refractivity contribution in [3.05, 3.63) is 40.9 Å². The van der Waals surface area contributed by atoms with Gasteiger partial charge in [0.05, 0.1) is 0 Å². The number of aryl methyl sites for hydroxylation is 1. The van der Waals surface area contributed by atoms with Crippen LogP contribution in [0, 0.1) is 0 Å². The molecule has 0 atom stereocenters. The fraction of sp³-hybridized carbons (Fsp3) is 0.438. The third kappa shape index (κ3) is 3.82. The Balaban J connectivity index is 1.64. The topological polar surface area (TPSA) is 58.1 Å². The molecule has 1 aromatic carbocycles. The molecule has 0 radical (unpaired) electrons. The van der Waals surface area contributed by atoms with E-state index in [0.29, 0.717) is 17.7 Å². The van der Waals surface area contributed by atoms with E-state index in [1.165, 1.54) is 11.3 Å². The summed E-state index contributed by atoms with van der Waals surface area (Å²) in [7, 11) is 0. The Kier molecular flexibility index (Phi) is 4.68. The molecule has 1 aliphatic rings. The Bertz CT molecular complexity index is 624. The molecule has 1 N–H and O–H groups in total. The highest BCUT2D eigenvalue weighted by Gasteiger charge is 2.33. The molecule has 0 aliphatic heterocycles. The van der Waals surface area contributed by atoms with Gasteiger partial charge < -0.3 is 4.90 Å². The zero-order chi connectivity index (χ0) is 15.4. The molecule has 1 saturated carbocycles. The molecule has 0 unspecified atom stereocenters. The Labute approximate surface area is 134 Å². The molecule has 22 heavy (non-hydrogen) atoms. The smallest absolute Gasteiger partial charge is 0.317 e. The maximum atomic E-state index is 12.5. The lowest BCUT2D eigenvalue weighted by Gasteiger charge is -2.22. The number of rotatable bonds is 6. The second kappa shape index (κ2) is 6.87. The van der Waals surface area contributed by atoms with Gasteiger partial charge in [0.1, 0.15) is 5.01 Å². The summed E-state index contributed by atoms with van der Waals surface area (Å²) in [4.78, 5) is 14.4. The SMILES string of the molecule is CCCc1nnc(NC(=O)N(Cc2ccccc2)C2CC2)s1. The minimum atomic E-state index is -0.0782. The van der Waals surface area contributed by atoms with E-state index in [1.807, 2.05) is 35.2 Å². The van der Waals surface area contributed by atoms with Crippen LogP contribution in [0.15, 0.2) is 30.3 Å². The van der Waals surface area contributed by atoms with Gasteiger partial charge in [-0.05, 0) is 24.8 Å². The van der Waals surface area contributed by atoms with Crippen molar-refractivity contribution in [2.45, 2.75) is 45.2 Å². The monoisotopic (exact) mass is 316 g/mol. The number of anilines is 1. The summed E-state index contributed by atoms with van der Waals surface area (Å²) in [6.07, 6.45) is 4.10. The number of nitrogens with zero attached hydrogens (tertiary/aromatic N) is 3. The van der Waals surface area contributed by atoms with Crippen LogP contribution in [-0.2, 0) is 13.0 Å². The van der Waals surface area contributed by atoms with Crippen molar-refractivity contribution in [3.63, 3.8) is 0 Å².